The summed E-state index contributed by atoms with van der Waals surface area (Å²) in [7, 11) is 0. The van der Waals surface area contributed by atoms with E-state index in [2.05, 4.69) is 0 Å². The Morgan fingerprint density at radius 3 is 2.56 bits per heavy atom. The standard InChI is InChI=1S/C18H17N3O4/c22-17-10-5-11-19(17)13-20(15-7-2-1-3-8-15)18(23)14-6-4-9-16(12-14)21(24)25/h1-4,6-9,12H,5,10-11,13H2. The second-order valence-corrected chi connectivity index (χ2v) is 5.78. The van der Waals surface area contributed by atoms with Gasteiger partial charge in [-0.2, -0.15) is 0 Å². The van der Waals surface area contributed by atoms with E-state index in [1.54, 1.807) is 29.2 Å². The fourth-order valence-electron chi connectivity index (χ4n) is 2.80. The monoisotopic (exact) mass is 339 g/mol. The molecule has 2 aromatic rings. The molecule has 1 saturated heterocycles. The normalized spacial score (nSPS) is 13.8. The van der Waals surface area contributed by atoms with E-state index in [0.29, 0.717) is 18.7 Å². The van der Waals surface area contributed by atoms with Gasteiger partial charge in [0.05, 0.1) is 4.92 Å². The molecule has 0 aliphatic carbocycles. The van der Waals surface area contributed by atoms with Crippen molar-refractivity contribution in [1.29, 1.82) is 0 Å². The lowest BCUT2D eigenvalue weighted by Gasteiger charge is -2.28. The topological polar surface area (TPSA) is 83.8 Å². The van der Waals surface area contributed by atoms with E-state index >= 15 is 0 Å². The van der Waals surface area contributed by atoms with Crippen LogP contribution in [0.5, 0.6) is 0 Å². The van der Waals surface area contributed by atoms with Gasteiger partial charge in [-0.25, -0.2) is 0 Å². The minimum absolute atomic E-state index is 0.00720. The van der Waals surface area contributed by atoms with Crippen LogP contribution in [0.2, 0.25) is 0 Å². The molecule has 128 valence electrons. The maximum absolute atomic E-state index is 13.0. The van der Waals surface area contributed by atoms with Gasteiger partial charge in [-0.3, -0.25) is 24.6 Å². The molecule has 1 aliphatic rings. The maximum atomic E-state index is 13.0. The molecule has 0 atom stereocenters. The maximum Gasteiger partial charge on any atom is 0.270 e. The molecule has 7 nitrogen and oxygen atoms in total. The number of carbonyl (C=O) groups is 2. The number of carbonyl (C=O) groups excluding carboxylic acids is 2. The number of para-hydroxylation sites is 1. The summed E-state index contributed by atoms with van der Waals surface area (Å²) in [6, 6.07) is 14.6. The number of nitro groups is 1. The van der Waals surface area contributed by atoms with E-state index in [9.17, 15) is 19.7 Å². The second-order valence-electron chi connectivity index (χ2n) is 5.78. The molecule has 0 N–H and O–H groups in total. The molecular weight excluding hydrogens is 322 g/mol. The van der Waals surface area contributed by atoms with Crippen LogP contribution >= 0.6 is 0 Å². The molecule has 7 heteroatoms. The van der Waals surface area contributed by atoms with Crippen LogP contribution < -0.4 is 4.90 Å². The zero-order chi connectivity index (χ0) is 17.8. The van der Waals surface area contributed by atoms with E-state index in [1.807, 2.05) is 6.07 Å². The van der Waals surface area contributed by atoms with Crippen molar-refractivity contribution in [3.8, 4) is 0 Å². The highest BCUT2D eigenvalue weighted by Gasteiger charge is 2.26. The number of anilines is 1. The summed E-state index contributed by atoms with van der Waals surface area (Å²) in [5.74, 6) is -0.373. The lowest BCUT2D eigenvalue weighted by atomic mass is 10.1. The molecule has 1 fully saturated rings. The third kappa shape index (κ3) is 3.65. The lowest BCUT2D eigenvalue weighted by Crippen LogP contribution is -2.42. The van der Waals surface area contributed by atoms with E-state index in [1.165, 1.54) is 29.2 Å². The van der Waals surface area contributed by atoms with E-state index in [4.69, 9.17) is 0 Å². The summed E-state index contributed by atoms with van der Waals surface area (Å²) in [6.07, 6.45) is 1.25. The molecule has 0 unspecified atom stereocenters. The van der Waals surface area contributed by atoms with Gasteiger partial charge >= 0.3 is 0 Å². The predicted octanol–water partition coefficient (Wildman–Crippen LogP) is 2.82. The van der Waals surface area contributed by atoms with Gasteiger partial charge in [-0.1, -0.05) is 24.3 Å². The SMILES string of the molecule is O=C1CCCN1CN(C(=O)c1cccc([N+](=O)[O-])c1)c1ccccc1. The van der Waals surface area contributed by atoms with Crippen LogP contribution in [0.4, 0.5) is 11.4 Å². The predicted molar refractivity (Wildman–Crippen MR) is 92.2 cm³/mol. The minimum atomic E-state index is -0.534. The molecule has 0 spiro atoms. The summed E-state index contributed by atoms with van der Waals surface area (Å²) in [5.41, 5.74) is 0.708. The Hall–Kier alpha value is -3.22. The highest BCUT2D eigenvalue weighted by molar-refractivity contribution is 6.06. The molecule has 0 radical (unpaired) electrons. The van der Waals surface area contributed by atoms with E-state index in [0.717, 1.165) is 6.42 Å². The second kappa shape index (κ2) is 7.12. The van der Waals surface area contributed by atoms with Crippen molar-refractivity contribution in [3.05, 3.63) is 70.3 Å². The van der Waals surface area contributed by atoms with Crippen molar-refractivity contribution in [1.82, 2.24) is 4.90 Å². The zero-order valence-electron chi connectivity index (χ0n) is 13.5. The Bertz CT molecular complexity index is 807. The third-order valence-electron chi connectivity index (χ3n) is 4.10. The van der Waals surface area contributed by atoms with Gasteiger partial charge in [-0.15, -0.1) is 0 Å². The summed E-state index contributed by atoms with van der Waals surface area (Å²) >= 11 is 0. The number of likely N-dealkylation sites (tertiary alicyclic amines) is 1. The molecule has 2 aromatic carbocycles. The quantitative estimate of drug-likeness (QED) is 0.619. The first-order chi connectivity index (χ1) is 12.1. The average Bonchev–Trinajstić information content (AvgIpc) is 3.04. The number of amides is 2. The molecule has 1 heterocycles. The Labute approximate surface area is 144 Å². The van der Waals surface area contributed by atoms with Crippen molar-refractivity contribution in [2.45, 2.75) is 12.8 Å². The lowest BCUT2D eigenvalue weighted by molar-refractivity contribution is -0.384. The van der Waals surface area contributed by atoms with Crippen LogP contribution in [0.1, 0.15) is 23.2 Å². The van der Waals surface area contributed by atoms with Gasteiger partial charge in [0, 0.05) is 36.3 Å². The first kappa shape index (κ1) is 16.6. The Balaban J connectivity index is 1.93. The van der Waals surface area contributed by atoms with Gasteiger partial charge in [0.1, 0.15) is 6.67 Å². The van der Waals surface area contributed by atoms with Crippen molar-refractivity contribution >= 4 is 23.2 Å². The molecule has 0 saturated carbocycles. The third-order valence-corrected chi connectivity index (χ3v) is 4.10. The molecule has 25 heavy (non-hydrogen) atoms. The van der Waals surface area contributed by atoms with Gasteiger partial charge in [0.15, 0.2) is 0 Å². The average molecular weight is 339 g/mol. The van der Waals surface area contributed by atoms with E-state index < -0.39 is 4.92 Å². The fourth-order valence-corrected chi connectivity index (χ4v) is 2.80. The number of nitro benzene ring substituents is 1. The van der Waals surface area contributed by atoms with Crippen LogP contribution in [-0.4, -0.2) is 34.9 Å². The first-order valence-electron chi connectivity index (χ1n) is 7.95. The molecule has 2 amide bonds. The Morgan fingerprint density at radius 1 is 1.16 bits per heavy atom. The van der Waals surface area contributed by atoms with Gasteiger partial charge in [0.2, 0.25) is 5.91 Å². The Kier molecular flexibility index (Phi) is 4.74. The number of benzene rings is 2. The van der Waals surface area contributed by atoms with Crippen LogP contribution in [0, 0.1) is 10.1 Å². The number of hydrogen-bond acceptors (Lipinski definition) is 4. The number of nitrogens with zero attached hydrogens (tertiary/aromatic N) is 3. The van der Waals surface area contributed by atoms with Crippen LogP contribution in [-0.2, 0) is 4.79 Å². The molecule has 0 aromatic heterocycles. The molecule has 0 bridgehead atoms. The van der Waals surface area contributed by atoms with Crippen molar-refractivity contribution in [2.24, 2.45) is 0 Å². The number of hydrogen-bond donors (Lipinski definition) is 0. The molecule has 1 aliphatic heterocycles. The summed E-state index contributed by atoms with van der Waals surface area (Å²) in [5, 5.41) is 11.0. The van der Waals surface area contributed by atoms with Crippen molar-refractivity contribution in [2.75, 3.05) is 18.1 Å². The smallest absolute Gasteiger partial charge is 0.270 e. The summed E-state index contributed by atoms with van der Waals surface area (Å²) in [4.78, 5) is 38.5. The summed E-state index contributed by atoms with van der Waals surface area (Å²) in [6.45, 7) is 0.731. The minimum Gasteiger partial charge on any atom is -0.324 e. The highest BCUT2D eigenvalue weighted by Crippen LogP contribution is 2.21. The fraction of sp³-hybridized carbons (Fsp3) is 0.222. The highest BCUT2D eigenvalue weighted by atomic mass is 16.6. The Morgan fingerprint density at radius 2 is 1.92 bits per heavy atom. The van der Waals surface area contributed by atoms with Crippen molar-refractivity contribution in [3.63, 3.8) is 0 Å². The zero-order valence-corrected chi connectivity index (χ0v) is 13.5. The largest absolute Gasteiger partial charge is 0.324 e. The molecular formula is C18H17N3O4. The van der Waals surface area contributed by atoms with Crippen LogP contribution in [0.15, 0.2) is 54.6 Å². The number of non-ortho nitro benzene ring substituents is 1. The van der Waals surface area contributed by atoms with Gasteiger partial charge in [0.25, 0.3) is 11.6 Å². The number of rotatable bonds is 5. The first-order valence-corrected chi connectivity index (χ1v) is 7.95. The van der Waals surface area contributed by atoms with E-state index in [-0.39, 0.29) is 29.7 Å². The van der Waals surface area contributed by atoms with Crippen molar-refractivity contribution < 1.29 is 14.5 Å². The molecule has 3 rings (SSSR count). The van der Waals surface area contributed by atoms with Crippen LogP contribution in [0.25, 0.3) is 0 Å². The van der Waals surface area contributed by atoms with Gasteiger partial charge in [-0.05, 0) is 24.6 Å². The van der Waals surface area contributed by atoms with Gasteiger partial charge < -0.3 is 4.90 Å². The van der Waals surface area contributed by atoms with Crippen LogP contribution in [0.3, 0.4) is 0 Å². The summed E-state index contributed by atoms with van der Waals surface area (Å²) < 4.78 is 0.